The van der Waals surface area contributed by atoms with E-state index in [0.717, 1.165) is 0 Å². The van der Waals surface area contributed by atoms with E-state index < -0.39 is 17.7 Å². The molecule has 1 aliphatic heterocycles. The van der Waals surface area contributed by atoms with Crippen molar-refractivity contribution >= 4 is 16.9 Å². The summed E-state index contributed by atoms with van der Waals surface area (Å²) < 4.78 is 1.54. The van der Waals surface area contributed by atoms with Crippen molar-refractivity contribution in [3.8, 4) is 17.5 Å². The van der Waals surface area contributed by atoms with E-state index in [1.54, 1.807) is 37.5 Å². The number of aliphatic hydroxyl groups excluding tert-OH is 1. The monoisotopic (exact) mass is 378 g/mol. The van der Waals surface area contributed by atoms with Gasteiger partial charge in [-0.1, -0.05) is 17.9 Å². The first-order valence-electron chi connectivity index (χ1n) is 8.63. The number of hydrogen-bond donors (Lipinski definition) is 3. The Hall–Kier alpha value is -3.32. The Balaban J connectivity index is 1.75. The Morgan fingerprint density at radius 3 is 2.93 bits per heavy atom. The van der Waals surface area contributed by atoms with Gasteiger partial charge < -0.3 is 20.8 Å². The number of rotatable bonds is 2. The standard InChI is InChI=1S/C19H18N6O3/c1-24-8-7-19(28,18(24)27)6-5-12-3-2-4-13(9-12)25-17-14(10-21-11-22-17)15(23-25)16(20)26/h2-4,9-11,16,26,28H,7-8,20H2,1H3. The molecular formula is C19H18N6O3. The fourth-order valence-electron chi connectivity index (χ4n) is 3.14. The number of carbonyl (C=O) groups excluding carboxylic acids is 1. The van der Waals surface area contributed by atoms with Gasteiger partial charge in [0.2, 0.25) is 5.60 Å². The van der Waals surface area contributed by atoms with Crippen molar-refractivity contribution in [1.82, 2.24) is 24.6 Å². The number of nitrogens with zero attached hydrogens (tertiary/aromatic N) is 5. The van der Waals surface area contributed by atoms with Crippen LogP contribution in [0, 0.1) is 11.8 Å². The van der Waals surface area contributed by atoms with Gasteiger partial charge in [0.1, 0.15) is 18.2 Å². The van der Waals surface area contributed by atoms with E-state index in [1.165, 1.54) is 15.9 Å². The number of amides is 1. The van der Waals surface area contributed by atoms with Crippen LogP contribution in [0.3, 0.4) is 0 Å². The van der Waals surface area contributed by atoms with Crippen molar-refractivity contribution < 1.29 is 15.0 Å². The Bertz CT molecular complexity index is 1130. The van der Waals surface area contributed by atoms with E-state index >= 15 is 0 Å². The van der Waals surface area contributed by atoms with Crippen LogP contribution >= 0.6 is 0 Å². The normalized spacial score (nSPS) is 20.3. The van der Waals surface area contributed by atoms with E-state index in [4.69, 9.17) is 5.73 Å². The Labute approximate surface area is 160 Å². The Morgan fingerprint density at radius 2 is 2.21 bits per heavy atom. The highest BCUT2D eigenvalue weighted by Crippen LogP contribution is 2.23. The zero-order chi connectivity index (χ0) is 19.9. The average Bonchev–Trinajstić information content (AvgIpc) is 3.21. The van der Waals surface area contributed by atoms with Crippen LogP contribution in [0.1, 0.15) is 23.9 Å². The lowest BCUT2D eigenvalue weighted by molar-refractivity contribution is -0.137. The summed E-state index contributed by atoms with van der Waals surface area (Å²) in [6, 6.07) is 7.10. The predicted molar refractivity (Wildman–Crippen MR) is 99.9 cm³/mol. The number of likely N-dealkylation sites (tertiary alicyclic amines) is 1. The van der Waals surface area contributed by atoms with Crippen LogP contribution in [0.4, 0.5) is 0 Å². The van der Waals surface area contributed by atoms with Crippen molar-refractivity contribution in [3.05, 3.63) is 48.0 Å². The third-order valence-corrected chi connectivity index (χ3v) is 4.67. The first-order valence-corrected chi connectivity index (χ1v) is 8.63. The van der Waals surface area contributed by atoms with Gasteiger partial charge >= 0.3 is 0 Å². The van der Waals surface area contributed by atoms with Crippen LogP contribution in [0.25, 0.3) is 16.7 Å². The molecule has 3 heterocycles. The molecule has 0 aliphatic carbocycles. The molecule has 1 aliphatic rings. The smallest absolute Gasteiger partial charge is 0.267 e. The minimum absolute atomic E-state index is 0.265. The van der Waals surface area contributed by atoms with E-state index in [9.17, 15) is 15.0 Å². The van der Waals surface area contributed by atoms with Gasteiger partial charge in [-0.15, -0.1) is 0 Å². The van der Waals surface area contributed by atoms with Crippen LogP contribution in [0.2, 0.25) is 0 Å². The van der Waals surface area contributed by atoms with Gasteiger partial charge in [0.25, 0.3) is 5.91 Å². The van der Waals surface area contributed by atoms with Crippen molar-refractivity contribution in [2.75, 3.05) is 13.6 Å². The van der Waals surface area contributed by atoms with Gasteiger partial charge in [0.05, 0.1) is 11.1 Å². The van der Waals surface area contributed by atoms with Gasteiger partial charge in [0, 0.05) is 31.8 Å². The summed E-state index contributed by atoms with van der Waals surface area (Å²) >= 11 is 0. The molecular weight excluding hydrogens is 360 g/mol. The lowest BCUT2D eigenvalue weighted by atomic mass is 10.0. The lowest BCUT2D eigenvalue weighted by Gasteiger charge is -2.13. The number of benzene rings is 1. The molecule has 2 atom stereocenters. The van der Waals surface area contributed by atoms with Gasteiger partial charge in [-0.2, -0.15) is 5.10 Å². The average molecular weight is 378 g/mol. The molecule has 1 fully saturated rings. The molecule has 0 saturated carbocycles. The second-order valence-corrected chi connectivity index (χ2v) is 6.64. The molecule has 3 aromatic rings. The van der Waals surface area contributed by atoms with Crippen molar-refractivity contribution in [2.24, 2.45) is 5.73 Å². The van der Waals surface area contributed by atoms with Gasteiger partial charge in [-0.3, -0.25) is 4.79 Å². The summed E-state index contributed by atoms with van der Waals surface area (Å²) in [4.78, 5) is 21.7. The summed E-state index contributed by atoms with van der Waals surface area (Å²) in [5.41, 5.74) is 5.93. The molecule has 0 spiro atoms. The van der Waals surface area contributed by atoms with Crippen LogP contribution < -0.4 is 5.73 Å². The topological polar surface area (TPSA) is 130 Å². The van der Waals surface area contributed by atoms with Crippen molar-refractivity contribution in [2.45, 2.75) is 18.2 Å². The lowest BCUT2D eigenvalue weighted by Crippen LogP contribution is -2.37. The quantitative estimate of drug-likeness (QED) is 0.413. The highest BCUT2D eigenvalue weighted by Gasteiger charge is 2.42. The molecule has 9 nitrogen and oxygen atoms in total. The van der Waals surface area contributed by atoms with Gasteiger partial charge in [-0.25, -0.2) is 14.6 Å². The maximum absolute atomic E-state index is 12.1. The summed E-state index contributed by atoms with van der Waals surface area (Å²) in [7, 11) is 1.64. The van der Waals surface area contributed by atoms with E-state index in [-0.39, 0.29) is 12.1 Å². The third kappa shape index (κ3) is 2.99. The second-order valence-electron chi connectivity index (χ2n) is 6.64. The first-order chi connectivity index (χ1) is 13.4. The predicted octanol–water partition coefficient (Wildman–Crippen LogP) is -0.290. The second kappa shape index (κ2) is 6.69. The molecule has 1 amide bonds. The van der Waals surface area contributed by atoms with E-state index in [0.29, 0.717) is 28.8 Å². The van der Waals surface area contributed by atoms with Crippen LogP contribution in [-0.4, -0.2) is 60.0 Å². The molecule has 9 heteroatoms. The molecule has 0 bridgehead atoms. The largest absolute Gasteiger partial charge is 0.373 e. The summed E-state index contributed by atoms with van der Waals surface area (Å²) in [6.45, 7) is 0.466. The number of hydrogen-bond acceptors (Lipinski definition) is 7. The minimum atomic E-state index is -1.66. The maximum atomic E-state index is 12.1. The fourth-order valence-corrected chi connectivity index (χ4v) is 3.14. The van der Waals surface area contributed by atoms with E-state index in [1.807, 2.05) is 0 Å². The summed E-state index contributed by atoms with van der Waals surface area (Å²) in [5, 5.41) is 25.1. The fraction of sp³-hybridized carbons (Fsp3) is 0.263. The maximum Gasteiger partial charge on any atom is 0.267 e. The van der Waals surface area contributed by atoms with E-state index in [2.05, 4.69) is 26.9 Å². The molecule has 142 valence electrons. The summed E-state index contributed by atoms with van der Waals surface area (Å²) in [6.07, 6.45) is 1.93. The Morgan fingerprint density at radius 1 is 1.39 bits per heavy atom. The highest BCUT2D eigenvalue weighted by molar-refractivity contribution is 5.90. The van der Waals surface area contributed by atoms with Gasteiger partial charge in [-0.05, 0) is 18.2 Å². The number of aromatic nitrogens is 4. The van der Waals surface area contributed by atoms with Crippen LogP contribution in [0.5, 0.6) is 0 Å². The SMILES string of the molecule is CN1CCC(O)(C#Cc2cccc(-n3nc(C(N)O)c4cncnc43)c2)C1=O. The molecule has 2 unspecified atom stereocenters. The number of fused-ring (bicyclic) bond motifs is 1. The van der Waals surface area contributed by atoms with Gasteiger partial charge in [0.15, 0.2) is 5.65 Å². The van der Waals surface area contributed by atoms with Crippen LogP contribution in [0.15, 0.2) is 36.8 Å². The molecule has 28 heavy (non-hydrogen) atoms. The highest BCUT2D eigenvalue weighted by atomic mass is 16.3. The number of carbonyl (C=O) groups is 1. The minimum Gasteiger partial charge on any atom is -0.373 e. The molecule has 2 aromatic heterocycles. The first kappa shape index (κ1) is 18.1. The Kier molecular flexibility index (Phi) is 4.31. The zero-order valence-electron chi connectivity index (χ0n) is 15.1. The third-order valence-electron chi connectivity index (χ3n) is 4.67. The number of nitrogens with two attached hydrogens (primary N) is 1. The molecule has 4 rings (SSSR count). The van der Waals surface area contributed by atoms with Crippen molar-refractivity contribution in [3.63, 3.8) is 0 Å². The molecule has 0 radical (unpaired) electrons. The molecule has 1 saturated heterocycles. The zero-order valence-corrected chi connectivity index (χ0v) is 15.1. The number of aliphatic hydroxyl groups is 2. The van der Waals surface area contributed by atoms with Crippen LogP contribution in [-0.2, 0) is 4.79 Å². The number of likely N-dealkylation sites (N-methyl/N-ethyl adjacent to an activating group) is 1. The summed E-state index contributed by atoms with van der Waals surface area (Å²) in [5.74, 6) is 5.17. The van der Waals surface area contributed by atoms with Crippen molar-refractivity contribution in [1.29, 1.82) is 0 Å². The molecule has 1 aromatic carbocycles. The molecule has 4 N–H and O–H groups in total.